The van der Waals surface area contributed by atoms with Crippen LogP contribution >= 0.6 is 0 Å². The van der Waals surface area contributed by atoms with Crippen molar-refractivity contribution >= 4 is 5.91 Å². The molecule has 2 aliphatic rings. The molecule has 1 amide bonds. The van der Waals surface area contributed by atoms with Crippen LogP contribution in [0.4, 0.5) is 0 Å². The molecule has 0 radical (unpaired) electrons. The van der Waals surface area contributed by atoms with Crippen LogP contribution in [-0.2, 0) is 4.79 Å². The van der Waals surface area contributed by atoms with Gasteiger partial charge in [-0.25, -0.2) is 0 Å². The van der Waals surface area contributed by atoms with Crippen molar-refractivity contribution in [2.75, 3.05) is 13.6 Å². The summed E-state index contributed by atoms with van der Waals surface area (Å²) in [5.41, 5.74) is -0.517. The van der Waals surface area contributed by atoms with Gasteiger partial charge in [-0.15, -0.1) is 0 Å². The number of carbonyl (C=O) groups excluding carboxylic acids is 1. The normalized spacial score (nSPS) is 36.2. The first-order chi connectivity index (χ1) is 13.3. The molecular formula is C16H21NO3. The van der Waals surface area contributed by atoms with Crippen LogP contribution in [0.1, 0.15) is 55.9 Å². The first kappa shape index (κ1) is 6.37. The molecule has 0 aromatic heterocycles. The number of carbonyl (C=O) groups is 1. The third-order valence-corrected chi connectivity index (χ3v) is 3.43. The van der Waals surface area contributed by atoms with E-state index in [0.717, 1.165) is 12.8 Å². The van der Waals surface area contributed by atoms with Crippen molar-refractivity contribution in [3.05, 3.63) is 23.7 Å². The molecular weight excluding hydrogens is 254 g/mol. The summed E-state index contributed by atoms with van der Waals surface area (Å²) in [5, 5.41) is 2.23. The van der Waals surface area contributed by atoms with Gasteiger partial charge in [0.15, 0.2) is 11.5 Å². The maximum absolute atomic E-state index is 11.9. The fraction of sp³-hybridized carbons (Fsp3) is 0.562. The highest BCUT2D eigenvalue weighted by molar-refractivity contribution is 5.79. The van der Waals surface area contributed by atoms with Crippen molar-refractivity contribution in [3.63, 3.8) is 0 Å². The second kappa shape index (κ2) is 5.73. The van der Waals surface area contributed by atoms with E-state index in [1.807, 2.05) is 0 Å². The molecule has 1 aromatic rings. The van der Waals surface area contributed by atoms with E-state index in [0.29, 0.717) is 12.8 Å². The third kappa shape index (κ3) is 2.74. The zero-order valence-corrected chi connectivity index (χ0v) is 10.8. The summed E-state index contributed by atoms with van der Waals surface area (Å²) < 4.78 is 82.2. The van der Waals surface area contributed by atoms with Gasteiger partial charge in [0.25, 0.3) is 0 Å². The van der Waals surface area contributed by atoms with E-state index in [2.05, 4.69) is 5.32 Å². The van der Waals surface area contributed by atoms with Gasteiger partial charge in [0.05, 0.1) is 21.4 Å². The van der Waals surface area contributed by atoms with Crippen LogP contribution in [0, 0.1) is 0 Å². The van der Waals surface area contributed by atoms with Crippen molar-refractivity contribution < 1.29 is 26.6 Å². The first-order valence-corrected chi connectivity index (χ1v) is 6.58. The Balaban J connectivity index is 2.23. The second-order valence-corrected chi connectivity index (χ2v) is 4.82. The van der Waals surface area contributed by atoms with Crippen molar-refractivity contribution in [1.82, 2.24) is 5.32 Å². The number of methoxy groups -OCH3 is 1. The largest absolute Gasteiger partial charge is 0.493 e. The van der Waals surface area contributed by atoms with Gasteiger partial charge in [-0.2, -0.15) is 0 Å². The molecule has 0 spiro atoms. The highest BCUT2D eigenvalue weighted by atomic mass is 16.5. The Morgan fingerprint density at radius 2 is 2.30 bits per heavy atom. The topological polar surface area (TPSA) is 47.6 Å². The Morgan fingerprint density at radius 3 is 3.00 bits per heavy atom. The zero-order chi connectivity index (χ0) is 21.8. The molecule has 20 heavy (non-hydrogen) atoms. The SMILES string of the molecule is [2H]c1c([2H])c(C2([2H])CNC(=O)C2([2H])[2H])c([2H])c(OC2CCCC2)c1OC([2H])([2H])[2H]. The standard InChI is InChI=1S/C16H21NO3/c1-19-14-7-6-11(12-9-16(18)17-10-12)8-15(14)20-13-4-2-3-5-13/h6-8,12-13H,2-5,9-10H2,1H3,(H,17,18)/i1D3,6D,7D,8D,9D2,12D. The van der Waals surface area contributed by atoms with Gasteiger partial charge in [0.1, 0.15) is 0 Å². The highest BCUT2D eigenvalue weighted by Gasteiger charge is 2.25. The number of rotatable bonds is 4. The van der Waals surface area contributed by atoms with Gasteiger partial charge >= 0.3 is 0 Å². The van der Waals surface area contributed by atoms with Crippen LogP contribution in [0.3, 0.4) is 0 Å². The predicted octanol–water partition coefficient (Wildman–Crippen LogP) is 2.62. The molecule has 1 saturated carbocycles. The molecule has 2 fully saturated rings. The van der Waals surface area contributed by atoms with Gasteiger partial charge in [0, 0.05) is 22.9 Å². The minimum Gasteiger partial charge on any atom is -0.493 e. The second-order valence-electron chi connectivity index (χ2n) is 4.82. The Kier molecular flexibility index (Phi) is 1.83. The summed E-state index contributed by atoms with van der Waals surface area (Å²) in [6, 6.07) is -2.10. The summed E-state index contributed by atoms with van der Waals surface area (Å²) >= 11 is 0. The smallest absolute Gasteiger partial charge is 0.220 e. The average molecular weight is 284 g/mol. The molecule has 108 valence electrons. The Bertz CT molecular complexity index is 836. The first-order valence-electron chi connectivity index (χ1n) is 11.1. The number of hydrogen-bond acceptors (Lipinski definition) is 3. The van der Waals surface area contributed by atoms with Gasteiger partial charge in [-0.05, 0) is 43.3 Å². The summed E-state index contributed by atoms with van der Waals surface area (Å²) in [7, 11) is -2.97. The Morgan fingerprint density at radius 1 is 1.45 bits per heavy atom. The fourth-order valence-electron chi connectivity index (χ4n) is 2.40. The number of hydrogen-bond donors (Lipinski definition) is 1. The van der Waals surface area contributed by atoms with Crippen molar-refractivity contribution in [2.45, 2.75) is 44.1 Å². The molecule has 1 unspecified atom stereocenters. The summed E-state index contributed by atoms with van der Waals surface area (Å²) in [5.74, 6) is -4.44. The van der Waals surface area contributed by atoms with E-state index < -0.39 is 66.9 Å². The molecule has 1 N–H and O–H groups in total. The number of ether oxygens (including phenoxy) is 2. The monoisotopic (exact) mass is 284 g/mol. The van der Waals surface area contributed by atoms with Crippen LogP contribution in [0.5, 0.6) is 11.5 Å². The lowest BCUT2D eigenvalue weighted by Gasteiger charge is -2.18. The van der Waals surface area contributed by atoms with E-state index in [9.17, 15) is 4.79 Å². The molecule has 1 aromatic carbocycles. The van der Waals surface area contributed by atoms with Crippen LogP contribution < -0.4 is 14.8 Å². The van der Waals surface area contributed by atoms with Crippen LogP contribution in [-0.4, -0.2) is 25.6 Å². The minimum atomic E-state index is -2.97. The van der Waals surface area contributed by atoms with Crippen molar-refractivity contribution in [1.29, 1.82) is 0 Å². The van der Waals surface area contributed by atoms with Crippen LogP contribution in [0.15, 0.2) is 18.1 Å². The molecule has 1 atom stereocenters. The Hall–Kier alpha value is -1.71. The van der Waals surface area contributed by atoms with Crippen molar-refractivity contribution in [3.8, 4) is 11.5 Å². The van der Waals surface area contributed by atoms with E-state index in [1.165, 1.54) is 0 Å². The molecule has 4 nitrogen and oxygen atoms in total. The summed E-state index contributed by atoms with van der Waals surface area (Å²) in [6.45, 7) is -0.502. The highest BCUT2D eigenvalue weighted by Crippen LogP contribution is 2.35. The van der Waals surface area contributed by atoms with Crippen LogP contribution in [0.2, 0.25) is 0 Å². The molecule has 4 heteroatoms. The van der Waals surface area contributed by atoms with Gasteiger partial charge in [-0.3, -0.25) is 4.79 Å². The number of amides is 1. The van der Waals surface area contributed by atoms with Gasteiger partial charge in [-0.1, -0.05) is 6.04 Å². The van der Waals surface area contributed by atoms with E-state index in [1.54, 1.807) is 0 Å². The predicted molar refractivity (Wildman–Crippen MR) is 76.2 cm³/mol. The van der Waals surface area contributed by atoms with E-state index >= 15 is 0 Å². The summed E-state index contributed by atoms with van der Waals surface area (Å²) in [6.07, 6.45) is -0.0942. The van der Waals surface area contributed by atoms with Gasteiger partial charge < -0.3 is 14.8 Å². The molecule has 1 heterocycles. The quantitative estimate of drug-likeness (QED) is 0.924. The lowest BCUT2D eigenvalue weighted by atomic mass is 9.98. The van der Waals surface area contributed by atoms with E-state index in [-0.39, 0.29) is 6.10 Å². The summed E-state index contributed by atoms with van der Waals surface area (Å²) in [4.78, 5) is 11.9. The molecule has 3 rings (SSSR count). The maximum atomic E-state index is 11.9. The molecule has 1 aliphatic carbocycles. The molecule has 0 bridgehead atoms. The number of benzene rings is 1. The zero-order valence-electron chi connectivity index (χ0n) is 19.8. The molecule has 1 aliphatic heterocycles. The van der Waals surface area contributed by atoms with Crippen molar-refractivity contribution in [2.24, 2.45) is 0 Å². The Labute approximate surface area is 132 Å². The lowest BCUT2D eigenvalue weighted by Crippen LogP contribution is -2.14. The minimum absolute atomic E-state index is 0.358. The third-order valence-electron chi connectivity index (χ3n) is 3.43. The fourth-order valence-corrected chi connectivity index (χ4v) is 2.40. The molecule has 1 saturated heterocycles. The number of nitrogens with one attached hydrogen (secondary N) is 1. The lowest BCUT2D eigenvalue weighted by molar-refractivity contribution is -0.119. The van der Waals surface area contributed by atoms with Crippen LogP contribution in [0.25, 0.3) is 0 Å². The van der Waals surface area contributed by atoms with E-state index in [4.69, 9.17) is 21.8 Å². The maximum Gasteiger partial charge on any atom is 0.220 e. The van der Waals surface area contributed by atoms with Gasteiger partial charge in [0.2, 0.25) is 5.91 Å². The average Bonchev–Trinajstić information content (AvgIpc) is 3.18.